The Kier molecular flexibility index (Phi) is 5.61. The maximum atomic E-state index is 11.5. The fourth-order valence-electron chi connectivity index (χ4n) is 1.92. The molecule has 0 bridgehead atoms. The molecule has 3 nitrogen and oxygen atoms in total. The lowest BCUT2D eigenvalue weighted by molar-refractivity contribution is -0.120. The molecule has 15 heavy (non-hydrogen) atoms. The molecule has 0 aliphatic carbocycles. The molecule has 0 spiro atoms. The minimum absolute atomic E-state index is 0.0357. The number of hydrogen-bond donors (Lipinski definition) is 1. The van der Waals surface area contributed by atoms with Crippen LogP contribution in [0.3, 0.4) is 0 Å². The first-order chi connectivity index (χ1) is 7.15. The molecule has 1 aliphatic rings. The number of amides is 1. The standard InChI is InChI=1S/C11H21BrN2O/c1-3-10(12)11(15)13-8-9-6-4-5-7-14(9)2/h9-10H,3-8H2,1-2H3,(H,13,15). The molecule has 1 aliphatic heterocycles. The molecule has 2 atom stereocenters. The highest BCUT2D eigenvalue weighted by Gasteiger charge is 2.20. The molecule has 4 heteroatoms. The second-order valence-corrected chi connectivity index (χ2v) is 5.36. The van der Waals surface area contributed by atoms with Crippen molar-refractivity contribution >= 4 is 21.8 Å². The highest BCUT2D eigenvalue weighted by molar-refractivity contribution is 9.10. The zero-order valence-corrected chi connectivity index (χ0v) is 11.2. The van der Waals surface area contributed by atoms with Crippen LogP contribution in [0.2, 0.25) is 0 Å². The van der Waals surface area contributed by atoms with Crippen LogP contribution in [0.4, 0.5) is 0 Å². The largest absolute Gasteiger partial charge is 0.354 e. The number of nitrogens with zero attached hydrogens (tertiary/aromatic N) is 1. The van der Waals surface area contributed by atoms with E-state index in [1.807, 2.05) is 6.92 Å². The normalized spacial score (nSPS) is 24.9. The lowest BCUT2D eigenvalue weighted by atomic mass is 10.0. The van der Waals surface area contributed by atoms with E-state index in [9.17, 15) is 4.79 Å². The Morgan fingerprint density at radius 1 is 1.60 bits per heavy atom. The molecule has 0 aromatic rings. The van der Waals surface area contributed by atoms with E-state index in [2.05, 4.69) is 33.2 Å². The predicted molar refractivity (Wildman–Crippen MR) is 66.3 cm³/mol. The summed E-state index contributed by atoms with van der Waals surface area (Å²) in [6, 6.07) is 0.527. The third-order valence-corrected chi connectivity index (χ3v) is 4.14. The highest BCUT2D eigenvalue weighted by Crippen LogP contribution is 2.14. The van der Waals surface area contributed by atoms with Crippen molar-refractivity contribution < 1.29 is 4.79 Å². The summed E-state index contributed by atoms with van der Waals surface area (Å²) in [6.45, 7) is 3.95. The van der Waals surface area contributed by atoms with Crippen molar-refractivity contribution in [1.29, 1.82) is 0 Å². The van der Waals surface area contributed by atoms with Gasteiger partial charge in [0.1, 0.15) is 0 Å². The van der Waals surface area contributed by atoms with Gasteiger partial charge < -0.3 is 10.2 Å². The number of hydrogen-bond acceptors (Lipinski definition) is 2. The fraction of sp³-hybridized carbons (Fsp3) is 0.909. The molecule has 88 valence electrons. The molecular formula is C11H21BrN2O. The second kappa shape index (κ2) is 6.48. The number of halogens is 1. The van der Waals surface area contributed by atoms with Gasteiger partial charge in [-0.2, -0.15) is 0 Å². The van der Waals surface area contributed by atoms with Gasteiger partial charge in [-0.1, -0.05) is 29.3 Å². The minimum Gasteiger partial charge on any atom is -0.354 e. The van der Waals surface area contributed by atoms with Gasteiger partial charge in [0.25, 0.3) is 0 Å². The van der Waals surface area contributed by atoms with Gasteiger partial charge in [-0.3, -0.25) is 4.79 Å². The molecule has 0 aromatic heterocycles. The van der Waals surface area contributed by atoms with Gasteiger partial charge in [0, 0.05) is 12.6 Å². The molecule has 0 radical (unpaired) electrons. The summed E-state index contributed by atoms with van der Waals surface area (Å²) in [5, 5.41) is 3.01. The van der Waals surface area contributed by atoms with Gasteiger partial charge in [0.15, 0.2) is 0 Å². The molecule has 1 fully saturated rings. The molecule has 2 unspecified atom stereocenters. The SMILES string of the molecule is CCC(Br)C(=O)NCC1CCCCN1C. The number of likely N-dealkylation sites (N-methyl/N-ethyl adjacent to an activating group) is 1. The van der Waals surface area contributed by atoms with Crippen molar-refractivity contribution in [2.75, 3.05) is 20.1 Å². The Morgan fingerprint density at radius 3 is 2.93 bits per heavy atom. The van der Waals surface area contributed by atoms with Crippen molar-refractivity contribution in [1.82, 2.24) is 10.2 Å². The fourth-order valence-corrected chi connectivity index (χ4v) is 2.08. The summed E-state index contributed by atoms with van der Waals surface area (Å²) < 4.78 is 0. The van der Waals surface area contributed by atoms with E-state index in [4.69, 9.17) is 0 Å². The quantitative estimate of drug-likeness (QED) is 0.794. The molecule has 1 heterocycles. The molecule has 1 saturated heterocycles. The van der Waals surface area contributed by atoms with E-state index in [0.29, 0.717) is 6.04 Å². The number of rotatable bonds is 4. The van der Waals surface area contributed by atoms with Gasteiger partial charge in [-0.15, -0.1) is 0 Å². The van der Waals surface area contributed by atoms with Crippen LogP contribution in [-0.4, -0.2) is 41.8 Å². The maximum absolute atomic E-state index is 11.5. The van der Waals surface area contributed by atoms with Crippen LogP contribution in [0.1, 0.15) is 32.6 Å². The molecule has 0 saturated carbocycles. The van der Waals surface area contributed by atoms with Gasteiger partial charge in [-0.25, -0.2) is 0 Å². The number of likely N-dealkylation sites (tertiary alicyclic amines) is 1. The summed E-state index contributed by atoms with van der Waals surface area (Å²) in [5.41, 5.74) is 0. The van der Waals surface area contributed by atoms with Crippen LogP contribution in [0.25, 0.3) is 0 Å². The van der Waals surface area contributed by atoms with Crippen molar-refractivity contribution in [3.05, 3.63) is 0 Å². The second-order valence-electron chi connectivity index (χ2n) is 4.25. The summed E-state index contributed by atoms with van der Waals surface area (Å²) in [5.74, 6) is 0.122. The van der Waals surface area contributed by atoms with Crippen LogP contribution >= 0.6 is 15.9 Å². The number of carbonyl (C=O) groups excluding carboxylic acids is 1. The van der Waals surface area contributed by atoms with E-state index in [0.717, 1.165) is 19.5 Å². The van der Waals surface area contributed by atoms with E-state index >= 15 is 0 Å². The number of carbonyl (C=O) groups is 1. The first-order valence-electron chi connectivity index (χ1n) is 5.77. The highest BCUT2D eigenvalue weighted by atomic mass is 79.9. The Balaban J connectivity index is 2.26. The Labute approximate surface area is 101 Å². The van der Waals surface area contributed by atoms with E-state index in [1.54, 1.807) is 0 Å². The lowest BCUT2D eigenvalue weighted by Crippen LogP contribution is -2.45. The maximum Gasteiger partial charge on any atom is 0.233 e. The van der Waals surface area contributed by atoms with Gasteiger partial charge >= 0.3 is 0 Å². The summed E-state index contributed by atoms with van der Waals surface area (Å²) in [6.07, 6.45) is 4.62. The van der Waals surface area contributed by atoms with Crippen LogP contribution in [0.15, 0.2) is 0 Å². The van der Waals surface area contributed by atoms with Crippen molar-refractivity contribution in [3.8, 4) is 0 Å². The van der Waals surface area contributed by atoms with Crippen molar-refractivity contribution in [2.24, 2.45) is 0 Å². The van der Waals surface area contributed by atoms with Crippen LogP contribution < -0.4 is 5.32 Å². The summed E-state index contributed by atoms with van der Waals surface area (Å²) in [7, 11) is 2.14. The molecule has 1 rings (SSSR count). The van der Waals surface area contributed by atoms with E-state index in [-0.39, 0.29) is 10.7 Å². The molecular weight excluding hydrogens is 256 g/mol. The zero-order chi connectivity index (χ0) is 11.3. The van der Waals surface area contributed by atoms with E-state index < -0.39 is 0 Å². The predicted octanol–water partition coefficient (Wildman–Crippen LogP) is 1.76. The smallest absolute Gasteiger partial charge is 0.233 e. The van der Waals surface area contributed by atoms with Crippen LogP contribution in [-0.2, 0) is 4.79 Å². The Hall–Kier alpha value is -0.0900. The number of piperidine rings is 1. The summed E-state index contributed by atoms with van der Waals surface area (Å²) in [4.78, 5) is 13.9. The average Bonchev–Trinajstić information content (AvgIpc) is 2.26. The lowest BCUT2D eigenvalue weighted by Gasteiger charge is -2.32. The average molecular weight is 277 g/mol. The first-order valence-corrected chi connectivity index (χ1v) is 6.68. The van der Waals surface area contributed by atoms with Gasteiger partial charge in [0.2, 0.25) is 5.91 Å². The van der Waals surface area contributed by atoms with E-state index in [1.165, 1.54) is 19.3 Å². The number of nitrogens with one attached hydrogen (secondary N) is 1. The third kappa shape index (κ3) is 4.11. The minimum atomic E-state index is -0.0357. The third-order valence-electron chi connectivity index (χ3n) is 3.08. The molecule has 1 amide bonds. The zero-order valence-electron chi connectivity index (χ0n) is 9.63. The topological polar surface area (TPSA) is 32.3 Å². The Bertz CT molecular complexity index is 211. The van der Waals surface area contributed by atoms with Crippen LogP contribution in [0.5, 0.6) is 0 Å². The monoisotopic (exact) mass is 276 g/mol. The van der Waals surface area contributed by atoms with Crippen LogP contribution in [0, 0.1) is 0 Å². The molecule has 0 aromatic carbocycles. The first kappa shape index (κ1) is 13.0. The Morgan fingerprint density at radius 2 is 2.33 bits per heavy atom. The van der Waals surface area contributed by atoms with Gasteiger partial charge in [-0.05, 0) is 32.9 Å². The molecule has 1 N–H and O–H groups in total. The number of alkyl halides is 1. The van der Waals surface area contributed by atoms with Crippen molar-refractivity contribution in [2.45, 2.75) is 43.5 Å². The van der Waals surface area contributed by atoms with Crippen molar-refractivity contribution in [3.63, 3.8) is 0 Å². The van der Waals surface area contributed by atoms with Gasteiger partial charge in [0.05, 0.1) is 4.83 Å². The summed E-state index contributed by atoms with van der Waals surface area (Å²) >= 11 is 3.36.